The third-order valence-corrected chi connectivity index (χ3v) is 6.40. The molecule has 1 amide bonds. The van der Waals surface area contributed by atoms with E-state index in [1.807, 2.05) is 30.5 Å². The molecule has 1 aromatic heterocycles. The number of anilines is 1. The van der Waals surface area contributed by atoms with Gasteiger partial charge in [0, 0.05) is 28.7 Å². The van der Waals surface area contributed by atoms with E-state index in [2.05, 4.69) is 0 Å². The lowest BCUT2D eigenvalue weighted by Gasteiger charge is -2.15. The summed E-state index contributed by atoms with van der Waals surface area (Å²) in [5, 5.41) is 10.8. The minimum Gasteiger partial charge on any atom is -0.457 e. The molecular formula is C21H14N2O4S3. The Bertz CT molecular complexity index is 1180. The van der Waals surface area contributed by atoms with Crippen molar-refractivity contribution in [2.24, 2.45) is 0 Å². The van der Waals surface area contributed by atoms with E-state index in [1.54, 1.807) is 42.1 Å². The molecule has 9 heteroatoms. The van der Waals surface area contributed by atoms with Gasteiger partial charge in [0.1, 0.15) is 11.5 Å². The Kier molecular flexibility index (Phi) is 5.76. The van der Waals surface area contributed by atoms with Crippen LogP contribution in [0.15, 0.2) is 74.9 Å². The first-order chi connectivity index (χ1) is 14.5. The standard InChI is InChI=1S/C21H14N2O4S3/c1-29-17-4-2-3-15(11-17)22-20(24)19(30-21(22)28)12-16-9-10-18(27-16)13-5-7-14(8-6-13)23(25)26/h2-12H,1H3/b19-12+. The van der Waals surface area contributed by atoms with Gasteiger partial charge >= 0.3 is 0 Å². The molecule has 1 fully saturated rings. The van der Waals surface area contributed by atoms with E-state index in [9.17, 15) is 14.9 Å². The van der Waals surface area contributed by atoms with Crippen molar-refractivity contribution in [2.45, 2.75) is 4.90 Å². The van der Waals surface area contributed by atoms with Crippen molar-refractivity contribution in [1.29, 1.82) is 0 Å². The second-order valence-electron chi connectivity index (χ2n) is 6.22. The summed E-state index contributed by atoms with van der Waals surface area (Å²) in [6.07, 6.45) is 3.63. The quantitative estimate of drug-likeness (QED) is 0.154. The van der Waals surface area contributed by atoms with Crippen molar-refractivity contribution in [3.63, 3.8) is 0 Å². The molecule has 0 radical (unpaired) electrons. The second-order valence-corrected chi connectivity index (χ2v) is 8.78. The van der Waals surface area contributed by atoms with Gasteiger partial charge in [0.25, 0.3) is 11.6 Å². The van der Waals surface area contributed by atoms with Crippen molar-refractivity contribution in [2.75, 3.05) is 11.2 Å². The van der Waals surface area contributed by atoms with Gasteiger partial charge in [-0.2, -0.15) is 0 Å². The van der Waals surface area contributed by atoms with E-state index in [0.717, 1.165) is 10.6 Å². The fourth-order valence-corrected chi connectivity index (χ4v) is 4.63. The van der Waals surface area contributed by atoms with E-state index in [1.165, 1.54) is 28.8 Å². The van der Waals surface area contributed by atoms with Crippen LogP contribution in [0.1, 0.15) is 5.76 Å². The van der Waals surface area contributed by atoms with Crippen molar-refractivity contribution >= 4 is 63.4 Å². The molecular weight excluding hydrogens is 440 g/mol. The fraction of sp³-hybridized carbons (Fsp3) is 0.0476. The van der Waals surface area contributed by atoms with Gasteiger partial charge in [-0.3, -0.25) is 19.8 Å². The molecule has 1 aliphatic rings. The smallest absolute Gasteiger partial charge is 0.270 e. The van der Waals surface area contributed by atoms with E-state index >= 15 is 0 Å². The van der Waals surface area contributed by atoms with Gasteiger partial charge in [-0.05, 0) is 48.7 Å². The third-order valence-electron chi connectivity index (χ3n) is 4.37. The number of hydrogen-bond donors (Lipinski definition) is 0. The van der Waals surface area contributed by atoms with E-state index in [0.29, 0.717) is 26.3 Å². The van der Waals surface area contributed by atoms with E-state index in [-0.39, 0.29) is 11.6 Å². The number of benzene rings is 2. The molecule has 0 bridgehead atoms. The van der Waals surface area contributed by atoms with Crippen LogP contribution in [0.5, 0.6) is 0 Å². The molecule has 0 spiro atoms. The summed E-state index contributed by atoms with van der Waals surface area (Å²) in [5.74, 6) is 0.859. The number of rotatable bonds is 5. The first kappa shape index (κ1) is 20.4. The third kappa shape index (κ3) is 4.04. The lowest BCUT2D eigenvalue weighted by Crippen LogP contribution is -2.27. The largest absolute Gasteiger partial charge is 0.457 e. The zero-order valence-electron chi connectivity index (χ0n) is 15.6. The average Bonchev–Trinajstić information content (AvgIpc) is 3.32. The van der Waals surface area contributed by atoms with Gasteiger partial charge in [-0.1, -0.05) is 30.0 Å². The number of carbonyl (C=O) groups is 1. The minimum atomic E-state index is -0.450. The lowest BCUT2D eigenvalue weighted by atomic mass is 10.1. The molecule has 4 rings (SSSR count). The Labute approximate surface area is 186 Å². The number of thioether (sulfide) groups is 2. The second kappa shape index (κ2) is 8.47. The van der Waals surface area contributed by atoms with Crippen molar-refractivity contribution in [1.82, 2.24) is 0 Å². The van der Waals surface area contributed by atoms with Gasteiger partial charge in [-0.25, -0.2) is 0 Å². The zero-order chi connectivity index (χ0) is 21.3. The average molecular weight is 455 g/mol. The predicted molar refractivity (Wildman–Crippen MR) is 125 cm³/mol. The first-order valence-electron chi connectivity index (χ1n) is 8.73. The van der Waals surface area contributed by atoms with Crippen LogP contribution in [0.2, 0.25) is 0 Å². The molecule has 0 N–H and O–H groups in total. The SMILES string of the molecule is CSc1cccc(N2C(=O)/C(=C\c3ccc(-c4ccc([N+](=O)[O-])cc4)o3)SC2=S)c1. The molecule has 2 aromatic carbocycles. The molecule has 1 saturated heterocycles. The van der Waals surface area contributed by atoms with Crippen molar-refractivity contribution < 1.29 is 14.1 Å². The maximum Gasteiger partial charge on any atom is 0.270 e. The van der Waals surface area contributed by atoms with Crippen LogP contribution in [-0.4, -0.2) is 21.4 Å². The summed E-state index contributed by atoms with van der Waals surface area (Å²) < 4.78 is 6.28. The summed E-state index contributed by atoms with van der Waals surface area (Å²) >= 11 is 8.24. The number of nitrogens with zero attached hydrogens (tertiary/aromatic N) is 2. The van der Waals surface area contributed by atoms with Crippen LogP contribution in [0, 0.1) is 10.1 Å². The Morgan fingerprint density at radius 3 is 2.63 bits per heavy atom. The number of nitro groups is 1. The highest BCUT2D eigenvalue weighted by atomic mass is 32.2. The van der Waals surface area contributed by atoms with Crippen LogP contribution < -0.4 is 4.90 Å². The maximum atomic E-state index is 12.9. The Morgan fingerprint density at radius 1 is 1.17 bits per heavy atom. The molecule has 0 atom stereocenters. The molecule has 0 unspecified atom stereocenters. The number of furan rings is 1. The molecule has 150 valence electrons. The summed E-state index contributed by atoms with van der Waals surface area (Å²) in [6, 6.07) is 17.3. The van der Waals surface area contributed by atoms with Crippen LogP contribution in [0.3, 0.4) is 0 Å². The number of nitro benzene ring substituents is 1. The van der Waals surface area contributed by atoms with Gasteiger partial charge in [-0.15, -0.1) is 11.8 Å². The molecule has 30 heavy (non-hydrogen) atoms. The normalized spacial score (nSPS) is 15.2. The first-order valence-corrected chi connectivity index (χ1v) is 11.2. The van der Waals surface area contributed by atoms with E-state index in [4.69, 9.17) is 16.6 Å². The minimum absolute atomic E-state index is 0.0137. The van der Waals surface area contributed by atoms with E-state index < -0.39 is 4.92 Å². The summed E-state index contributed by atoms with van der Waals surface area (Å²) in [5.41, 5.74) is 1.46. The van der Waals surface area contributed by atoms with Gasteiger partial charge in [0.2, 0.25) is 0 Å². The highest BCUT2D eigenvalue weighted by molar-refractivity contribution is 8.27. The molecule has 0 saturated carbocycles. The number of amides is 1. The molecule has 1 aliphatic heterocycles. The summed E-state index contributed by atoms with van der Waals surface area (Å²) in [4.78, 5) is 26.3. The van der Waals surface area contributed by atoms with Crippen molar-refractivity contribution in [3.8, 4) is 11.3 Å². The monoisotopic (exact) mass is 454 g/mol. The number of non-ortho nitro benzene ring substituents is 1. The molecule has 0 aliphatic carbocycles. The number of thiocarbonyl (C=S) groups is 1. The van der Waals surface area contributed by atoms with Crippen LogP contribution in [-0.2, 0) is 4.79 Å². The highest BCUT2D eigenvalue weighted by Crippen LogP contribution is 2.37. The molecule has 6 nitrogen and oxygen atoms in total. The molecule has 3 aromatic rings. The van der Waals surface area contributed by atoms with Crippen LogP contribution in [0.25, 0.3) is 17.4 Å². The number of carbonyl (C=O) groups excluding carboxylic acids is 1. The predicted octanol–water partition coefficient (Wildman–Crippen LogP) is 5.98. The topological polar surface area (TPSA) is 76.6 Å². The lowest BCUT2D eigenvalue weighted by molar-refractivity contribution is -0.384. The summed E-state index contributed by atoms with van der Waals surface area (Å²) in [7, 11) is 0. The Balaban J connectivity index is 1.57. The molecule has 2 heterocycles. The Morgan fingerprint density at radius 2 is 1.93 bits per heavy atom. The van der Waals surface area contributed by atoms with Crippen molar-refractivity contribution in [3.05, 3.63) is 81.4 Å². The van der Waals surface area contributed by atoms with Gasteiger partial charge in [0.15, 0.2) is 4.32 Å². The highest BCUT2D eigenvalue weighted by Gasteiger charge is 2.33. The Hall–Kier alpha value is -2.88. The van der Waals surface area contributed by atoms with Gasteiger partial charge < -0.3 is 4.42 Å². The maximum absolute atomic E-state index is 12.9. The summed E-state index contributed by atoms with van der Waals surface area (Å²) in [6.45, 7) is 0. The van der Waals surface area contributed by atoms with Crippen LogP contribution in [0.4, 0.5) is 11.4 Å². The van der Waals surface area contributed by atoms with Crippen LogP contribution >= 0.6 is 35.7 Å². The van der Waals surface area contributed by atoms with Gasteiger partial charge in [0.05, 0.1) is 15.5 Å². The number of hydrogen-bond acceptors (Lipinski definition) is 7. The zero-order valence-corrected chi connectivity index (χ0v) is 18.1. The fourth-order valence-electron chi connectivity index (χ4n) is 2.90.